The molecule has 0 saturated carbocycles. The fourth-order valence-electron chi connectivity index (χ4n) is 3.74. The van der Waals surface area contributed by atoms with Crippen LogP contribution in [0.3, 0.4) is 0 Å². The third kappa shape index (κ3) is 4.24. The Balaban J connectivity index is 1.61. The van der Waals surface area contributed by atoms with E-state index in [0.29, 0.717) is 29.5 Å². The topological polar surface area (TPSA) is 106 Å². The van der Waals surface area contributed by atoms with Crippen molar-refractivity contribution in [2.24, 2.45) is 7.05 Å². The summed E-state index contributed by atoms with van der Waals surface area (Å²) in [6.45, 7) is 2.06. The van der Waals surface area contributed by atoms with Crippen LogP contribution in [0.25, 0.3) is 11.5 Å². The van der Waals surface area contributed by atoms with Crippen molar-refractivity contribution in [2.45, 2.75) is 38.6 Å². The van der Waals surface area contributed by atoms with E-state index in [1.807, 2.05) is 11.9 Å². The molecule has 1 fully saturated rings. The second kappa shape index (κ2) is 8.48. The van der Waals surface area contributed by atoms with Gasteiger partial charge >= 0.3 is 0 Å². The average Bonchev–Trinajstić information content (AvgIpc) is 3.30. The van der Waals surface area contributed by atoms with Gasteiger partial charge in [0.05, 0.1) is 17.8 Å². The average molecular weight is 408 g/mol. The molecule has 2 amide bonds. The Morgan fingerprint density at radius 2 is 2.10 bits per heavy atom. The molecule has 0 radical (unpaired) electrons. The standard InChI is InChI=1S/C21H24N6O3/c1-14(28)23-17-8-6-7-15(11-17)21(29)27-10-5-3-4-9-18(27)19-24-20(30-25-19)16-12-22-26(2)13-16/h6-8,11-13,18H,3-5,9-10H2,1-2H3,(H,23,28)/t18-/m0/s1. The predicted octanol–water partition coefficient (Wildman–Crippen LogP) is 3.19. The molecular weight excluding hydrogens is 384 g/mol. The van der Waals surface area contributed by atoms with E-state index in [0.717, 1.165) is 31.2 Å². The number of benzene rings is 1. The lowest BCUT2D eigenvalue weighted by Crippen LogP contribution is -2.35. The molecule has 1 N–H and O–H groups in total. The van der Waals surface area contributed by atoms with Crippen LogP contribution < -0.4 is 5.32 Å². The Hall–Kier alpha value is -3.49. The molecule has 2 aromatic heterocycles. The first-order valence-electron chi connectivity index (χ1n) is 10.0. The van der Waals surface area contributed by atoms with Crippen molar-refractivity contribution in [3.63, 3.8) is 0 Å². The number of hydrogen-bond donors (Lipinski definition) is 1. The van der Waals surface area contributed by atoms with E-state index >= 15 is 0 Å². The van der Waals surface area contributed by atoms with Crippen molar-refractivity contribution < 1.29 is 14.1 Å². The van der Waals surface area contributed by atoms with Crippen LogP contribution in [0.1, 0.15) is 54.8 Å². The normalized spacial score (nSPS) is 16.9. The fraction of sp³-hybridized carbons (Fsp3) is 0.381. The number of carbonyl (C=O) groups excluding carboxylic acids is 2. The van der Waals surface area contributed by atoms with E-state index in [9.17, 15) is 9.59 Å². The van der Waals surface area contributed by atoms with Crippen LogP contribution in [-0.2, 0) is 11.8 Å². The summed E-state index contributed by atoms with van der Waals surface area (Å²) in [5.41, 5.74) is 1.85. The second-order valence-electron chi connectivity index (χ2n) is 7.49. The lowest BCUT2D eigenvalue weighted by Gasteiger charge is -2.28. The summed E-state index contributed by atoms with van der Waals surface area (Å²) in [6, 6.07) is 6.71. The molecule has 0 spiro atoms. The van der Waals surface area contributed by atoms with Gasteiger partial charge in [0, 0.05) is 38.0 Å². The van der Waals surface area contributed by atoms with Crippen LogP contribution >= 0.6 is 0 Å². The largest absolute Gasteiger partial charge is 0.334 e. The number of nitrogens with zero attached hydrogens (tertiary/aromatic N) is 5. The number of amides is 2. The second-order valence-corrected chi connectivity index (χ2v) is 7.49. The van der Waals surface area contributed by atoms with E-state index in [2.05, 4.69) is 20.6 Å². The minimum atomic E-state index is -0.265. The molecule has 1 aliphatic heterocycles. The monoisotopic (exact) mass is 408 g/mol. The highest BCUT2D eigenvalue weighted by Gasteiger charge is 2.31. The summed E-state index contributed by atoms with van der Waals surface area (Å²) < 4.78 is 7.12. The first-order valence-corrected chi connectivity index (χ1v) is 10.0. The van der Waals surface area contributed by atoms with Gasteiger partial charge in [0.15, 0.2) is 5.82 Å². The van der Waals surface area contributed by atoms with Crippen molar-refractivity contribution in [3.8, 4) is 11.5 Å². The molecule has 1 aromatic carbocycles. The highest BCUT2D eigenvalue weighted by molar-refractivity contribution is 5.97. The zero-order valence-corrected chi connectivity index (χ0v) is 17.0. The van der Waals surface area contributed by atoms with Gasteiger partial charge in [0.1, 0.15) is 0 Å². The van der Waals surface area contributed by atoms with Crippen molar-refractivity contribution in [1.29, 1.82) is 0 Å². The molecule has 9 nitrogen and oxygen atoms in total. The number of aromatic nitrogens is 4. The first-order chi connectivity index (χ1) is 14.5. The lowest BCUT2D eigenvalue weighted by atomic mass is 10.1. The Morgan fingerprint density at radius 1 is 1.23 bits per heavy atom. The molecule has 30 heavy (non-hydrogen) atoms. The zero-order valence-electron chi connectivity index (χ0n) is 17.0. The van der Waals surface area contributed by atoms with E-state index in [1.165, 1.54) is 6.92 Å². The third-order valence-corrected chi connectivity index (χ3v) is 5.14. The van der Waals surface area contributed by atoms with E-state index in [-0.39, 0.29) is 17.9 Å². The third-order valence-electron chi connectivity index (χ3n) is 5.14. The molecule has 1 saturated heterocycles. The SMILES string of the molecule is CC(=O)Nc1cccc(C(=O)N2CCCCC[C@H]2c2noc(-c3cnn(C)c3)n2)c1. The van der Waals surface area contributed by atoms with Crippen LogP contribution in [0.2, 0.25) is 0 Å². The van der Waals surface area contributed by atoms with Crippen LogP contribution in [0.15, 0.2) is 41.2 Å². The van der Waals surface area contributed by atoms with Crippen LogP contribution in [-0.4, -0.2) is 43.2 Å². The molecule has 0 aliphatic carbocycles. The maximum Gasteiger partial charge on any atom is 0.261 e. The Labute approximate surface area is 174 Å². The fourth-order valence-corrected chi connectivity index (χ4v) is 3.74. The summed E-state index contributed by atoms with van der Waals surface area (Å²) in [6.07, 6.45) is 7.18. The predicted molar refractivity (Wildman–Crippen MR) is 109 cm³/mol. The minimum absolute atomic E-state index is 0.109. The van der Waals surface area contributed by atoms with Crippen LogP contribution in [0.4, 0.5) is 5.69 Å². The molecule has 0 bridgehead atoms. The molecule has 4 rings (SSSR count). The number of carbonyl (C=O) groups is 2. The van der Waals surface area contributed by atoms with E-state index in [1.54, 1.807) is 41.3 Å². The molecule has 3 heterocycles. The first kappa shape index (κ1) is 19.8. The van der Waals surface area contributed by atoms with Gasteiger partial charge in [-0.3, -0.25) is 14.3 Å². The molecule has 156 valence electrons. The molecule has 0 unspecified atom stereocenters. The van der Waals surface area contributed by atoms with Gasteiger partial charge in [-0.15, -0.1) is 0 Å². The van der Waals surface area contributed by atoms with Crippen LogP contribution in [0, 0.1) is 0 Å². The summed E-state index contributed by atoms with van der Waals surface area (Å²) in [7, 11) is 1.82. The summed E-state index contributed by atoms with van der Waals surface area (Å²) in [5, 5.41) is 11.0. The van der Waals surface area contributed by atoms with Gasteiger partial charge in [-0.2, -0.15) is 10.1 Å². The molecule has 9 heteroatoms. The van der Waals surface area contributed by atoms with E-state index in [4.69, 9.17) is 4.52 Å². The van der Waals surface area contributed by atoms with Gasteiger partial charge < -0.3 is 14.7 Å². The zero-order chi connectivity index (χ0) is 21.1. The Bertz CT molecular complexity index is 1060. The number of nitrogens with one attached hydrogen (secondary N) is 1. The van der Waals surface area contributed by atoms with Crippen molar-refractivity contribution in [2.75, 3.05) is 11.9 Å². The molecule has 1 atom stereocenters. The number of hydrogen-bond acceptors (Lipinski definition) is 6. The van der Waals surface area contributed by atoms with Gasteiger partial charge in [-0.1, -0.05) is 24.1 Å². The number of anilines is 1. The highest BCUT2D eigenvalue weighted by atomic mass is 16.5. The number of aryl methyl sites for hydroxylation is 1. The Morgan fingerprint density at radius 3 is 2.87 bits per heavy atom. The van der Waals surface area contributed by atoms with Crippen molar-refractivity contribution in [1.82, 2.24) is 24.8 Å². The summed E-state index contributed by atoms with van der Waals surface area (Å²) >= 11 is 0. The number of likely N-dealkylation sites (tertiary alicyclic amines) is 1. The minimum Gasteiger partial charge on any atom is -0.334 e. The van der Waals surface area contributed by atoms with Gasteiger partial charge in [0.25, 0.3) is 11.8 Å². The Kier molecular flexibility index (Phi) is 5.60. The van der Waals surface area contributed by atoms with Crippen molar-refractivity contribution in [3.05, 3.63) is 48.0 Å². The van der Waals surface area contributed by atoms with Crippen molar-refractivity contribution >= 4 is 17.5 Å². The van der Waals surface area contributed by atoms with Gasteiger partial charge in [-0.05, 0) is 31.0 Å². The lowest BCUT2D eigenvalue weighted by molar-refractivity contribution is -0.114. The summed E-state index contributed by atoms with van der Waals surface area (Å²) in [5.74, 6) is 0.605. The quantitative estimate of drug-likeness (QED) is 0.711. The highest BCUT2D eigenvalue weighted by Crippen LogP contribution is 2.31. The smallest absolute Gasteiger partial charge is 0.261 e. The maximum absolute atomic E-state index is 13.4. The maximum atomic E-state index is 13.4. The summed E-state index contributed by atoms with van der Waals surface area (Å²) in [4.78, 5) is 31.1. The molecule has 3 aromatic rings. The van der Waals surface area contributed by atoms with Gasteiger partial charge in [0.2, 0.25) is 5.91 Å². The van der Waals surface area contributed by atoms with E-state index < -0.39 is 0 Å². The molecule has 1 aliphatic rings. The number of rotatable bonds is 4. The van der Waals surface area contributed by atoms with Gasteiger partial charge in [-0.25, -0.2) is 0 Å². The van der Waals surface area contributed by atoms with Crippen LogP contribution in [0.5, 0.6) is 0 Å². The molecular formula is C21H24N6O3.